The molecule has 8 nitrogen and oxygen atoms in total. The molecular weight excluding hydrogens is 521 g/mol. The van der Waals surface area contributed by atoms with E-state index in [0.29, 0.717) is 31.5 Å². The monoisotopic (exact) mass is 555 g/mol. The van der Waals surface area contributed by atoms with E-state index in [4.69, 9.17) is 0 Å². The number of aromatic nitrogens is 2. The van der Waals surface area contributed by atoms with Crippen LogP contribution >= 0.6 is 0 Å². The molecule has 0 spiro atoms. The van der Waals surface area contributed by atoms with E-state index < -0.39 is 23.3 Å². The van der Waals surface area contributed by atoms with Crippen molar-refractivity contribution in [2.24, 2.45) is 0 Å². The molecule has 4 rings (SSSR count). The van der Waals surface area contributed by atoms with Crippen molar-refractivity contribution < 1.29 is 14.0 Å². The minimum absolute atomic E-state index is 0.0455. The SMILES string of the molecule is CNC(C)C(=O)Nc1cnc(-c2ccc(F)cc2)n(CC(=O)N(CCc2ccccc2)CCc2ccccc2)c1=O. The summed E-state index contributed by atoms with van der Waals surface area (Å²) in [6, 6.07) is 24.8. The Balaban J connectivity index is 1.65. The number of carbonyl (C=O) groups is 2. The van der Waals surface area contributed by atoms with Crippen molar-refractivity contribution in [3.8, 4) is 11.4 Å². The molecule has 4 aromatic rings. The van der Waals surface area contributed by atoms with E-state index >= 15 is 0 Å². The lowest BCUT2D eigenvalue weighted by Crippen LogP contribution is -2.41. The fourth-order valence-electron chi connectivity index (χ4n) is 4.34. The molecule has 1 unspecified atom stereocenters. The molecule has 41 heavy (non-hydrogen) atoms. The van der Waals surface area contributed by atoms with Crippen molar-refractivity contribution in [2.45, 2.75) is 32.4 Å². The number of carbonyl (C=O) groups excluding carboxylic acids is 2. The van der Waals surface area contributed by atoms with Crippen molar-refractivity contribution in [3.63, 3.8) is 0 Å². The standard InChI is InChI=1S/C32H34FN5O3/c1-23(34-2)31(40)36-28-21-35-30(26-13-15-27(33)16-14-26)38(32(28)41)22-29(39)37(19-17-24-9-5-3-6-10-24)20-18-25-11-7-4-8-12-25/h3-16,21,23,34H,17-20,22H2,1-2H3,(H,36,40). The lowest BCUT2D eigenvalue weighted by Gasteiger charge is -2.24. The van der Waals surface area contributed by atoms with Crippen LogP contribution in [0.4, 0.5) is 10.1 Å². The Labute approximate surface area is 238 Å². The Kier molecular flexibility index (Phi) is 10.1. The molecule has 0 saturated carbocycles. The number of likely N-dealkylation sites (N-methyl/N-ethyl adjacent to an activating group) is 1. The van der Waals surface area contributed by atoms with Crippen LogP contribution in [-0.4, -0.2) is 52.4 Å². The number of hydrogen-bond acceptors (Lipinski definition) is 5. The van der Waals surface area contributed by atoms with Gasteiger partial charge in [0, 0.05) is 18.7 Å². The molecule has 0 saturated heterocycles. The zero-order valence-corrected chi connectivity index (χ0v) is 23.2. The molecule has 0 fully saturated rings. The minimum Gasteiger partial charge on any atom is -0.340 e. The smallest absolute Gasteiger partial charge is 0.278 e. The van der Waals surface area contributed by atoms with Crippen LogP contribution in [-0.2, 0) is 29.0 Å². The maximum atomic E-state index is 13.8. The first kappa shape index (κ1) is 29.4. The number of amides is 2. The summed E-state index contributed by atoms with van der Waals surface area (Å²) in [5.74, 6) is -0.909. The van der Waals surface area contributed by atoms with Gasteiger partial charge in [-0.1, -0.05) is 60.7 Å². The molecule has 1 heterocycles. The summed E-state index contributed by atoms with van der Waals surface area (Å²) in [5, 5.41) is 5.43. The number of rotatable bonds is 12. The van der Waals surface area contributed by atoms with Gasteiger partial charge in [0.2, 0.25) is 11.8 Å². The summed E-state index contributed by atoms with van der Waals surface area (Å²) in [7, 11) is 1.64. The van der Waals surface area contributed by atoms with E-state index in [9.17, 15) is 18.8 Å². The summed E-state index contributed by atoms with van der Waals surface area (Å²) in [6.07, 6.45) is 2.57. The third-order valence-corrected chi connectivity index (χ3v) is 6.91. The molecular formula is C32H34FN5O3. The van der Waals surface area contributed by atoms with Gasteiger partial charge in [-0.2, -0.15) is 0 Å². The summed E-state index contributed by atoms with van der Waals surface area (Å²) in [5.41, 5.74) is 2.04. The molecule has 1 aromatic heterocycles. The summed E-state index contributed by atoms with van der Waals surface area (Å²) >= 11 is 0. The molecule has 9 heteroatoms. The quantitative estimate of drug-likeness (QED) is 0.276. The van der Waals surface area contributed by atoms with Crippen molar-refractivity contribution in [3.05, 3.63) is 118 Å². The van der Waals surface area contributed by atoms with E-state index in [2.05, 4.69) is 15.6 Å². The second kappa shape index (κ2) is 14.1. The van der Waals surface area contributed by atoms with Gasteiger partial charge in [-0.05, 0) is 62.2 Å². The highest BCUT2D eigenvalue weighted by Gasteiger charge is 2.21. The van der Waals surface area contributed by atoms with Gasteiger partial charge >= 0.3 is 0 Å². The Morgan fingerprint density at radius 3 is 2.00 bits per heavy atom. The number of halogens is 1. The average Bonchev–Trinajstić information content (AvgIpc) is 3.00. The molecule has 0 aliphatic carbocycles. The van der Waals surface area contributed by atoms with Crippen LogP contribution in [0.25, 0.3) is 11.4 Å². The van der Waals surface area contributed by atoms with E-state index in [1.165, 1.54) is 35.0 Å². The molecule has 3 aromatic carbocycles. The second-order valence-electron chi connectivity index (χ2n) is 9.75. The van der Waals surface area contributed by atoms with Crippen LogP contribution in [0.3, 0.4) is 0 Å². The zero-order chi connectivity index (χ0) is 29.2. The zero-order valence-electron chi connectivity index (χ0n) is 23.2. The number of benzene rings is 3. The van der Waals surface area contributed by atoms with Crippen molar-refractivity contribution in [2.75, 3.05) is 25.5 Å². The maximum absolute atomic E-state index is 13.8. The van der Waals surface area contributed by atoms with Gasteiger partial charge in [-0.3, -0.25) is 19.0 Å². The number of nitrogens with zero attached hydrogens (tertiary/aromatic N) is 3. The first-order valence-corrected chi connectivity index (χ1v) is 13.5. The molecule has 0 radical (unpaired) electrons. The molecule has 0 aliphatic rings. The van der Waals surface area contributed by atoms with Crippen molar-refractivity contribution in [1.82, 2.24) is 19.8 Å². The van der Waals surface area contributed by atoms with Gasteiger partial charge < -0.3 is 15.5 Å². The Morgan fingerprint density at radius 1 is 0.902 bits per heavy atom. The molecule has 212 valence electrons. The highest BCUT2D eigenvalue weighted by Crippen LogP contribution is 2.18. The molecule has 2 amide bonds. The van der Waals surface area contributed by atoms with E-state index in [1.54, 1.807) is 18.9 Å². The van der Waals surface area contributed by atoms with Crippen LogP contribution < -0.4 is 16.2 Å². The Hall–Kier alpha value is -4.63. The topological polar surface area (TPSA) is 96.3 Å². The van der Waals surface area contributed by atoms with Crippen LogP contribution in [0.5, 0.6) is 0 Å². The normalized spacial score (nSPS) is 11.6. The maximum Gasteiger partial charge on any atom is 0.278 e. The van der Waals surface area contributed by atoms with Crippen molar-refractivity contribution in [1.29, 1.82) is 0 Å². The summed E-state index contributed by atoms with van der Waals surface area (Å²) < 4.78 is 14.9. The largest absolute Gasteiger partial charge is 0.340 e. The van der Waals surface area contributed by atoms with E-state index in [1.807, 2.05) is 60.7 Å². The molecule has 0 bridgehead atoms. The van der Waals surface area contributed by atoms with Gasteiger partial charge in [0.1, 0.15) is 23.9 Å². The molecule has 0 aliphatic heterocycles. The van der Waals surface area contributed by atoms with Gasteiger partial charge in [-0.25, -0.2) is 9.37 Å². The highest BCUT2D eigenvalue weighted by molar-refractivity contribution is 5.94. The van der Waals surface area contributed by atoms with Crippen LogP contribution in [0.15, 0.2) is 95.9 Å². The summed E-state index contributed by atoms with van der Waals surface area (Å²) in [6.45, 7) is 2.28. The first-order chi connectivity index (χ1) is 19.9. The van der Waals surface area contributed by atoms with Crippen LogP contribution in [0.1, 0.15) is 18.1 Å². The fraction of sp³-hybridized carbons (Fsp3) is 0.250. The Morgan fingerprint density at radius 2 is 1.46 bits per heavy atom. The van der Waals surface area contributed by atoms with Gasteiger partial charge in [0.25, 0.3) is 5.56 Å². The average molecular weight is 556 g/mol. The lowest BCUT2D eigenvalue weighted by atomic mass is 10.1. The number of hydrogen-bond donors (Lipinski definition) is 2. The minimum atomic E-state index is -0.574. The molecule has 2 N–H and O–H groups in total. The van der Waals surface area contributed by atoms with Crippen LogP contribution in [0.2, 0.25) is 0 Å². The first-order valence-electron chi connectivity index (χ1n) is 13.5. The lowest BCUT2D eigenvalue weighted by molar-refractivity contribution is -0.131. The van der Waals surface area contributed by atoms with Crippen molar-refractivity contribution >= 4 is 17.5 Å². The predicted octanol–water partition coefficient (Wildman–Crippen LogP) is 3.91. The van der Waals surface area contributed by atoms with Gasteiger partial charge in [0.05, 0.1) is 12.2 Å². The van der Waals surface area contributed by atoms with Crippen LogP contribution in [0, 0.1) is 5.82 Å². The van der Waals surface area contributed by atoms with Gasteiger partial charge in [0.15, 0.2) is 0 Å². The fourth-order valence-corrected chi connectivity index (χ4v) is 4.34. The Bertz CT molecular complexity index is 1460. The number of nitrogens with one attached hydrogen (secondary N) is 2. The summed E-state index contributed by atoms with van der Waals surface area (Å²) in [4.78, 5) is 46.1. The third kappa shape index (κ3) is 7.95. The molecule has 1 atom stereocenters. The highest BCUT2D eigenvalue weighted by atomic mass is 19.1. The van der Waals surface area contributed by atoms with Gasteiger partial charge in [-0.15, -0.1) is 0 Å². The predicted molar refractivity (Wildman–Crippen MR) is 158 cm³/mol. The van der Waals surface area contributed by atoms with E-state index in [0.717, 1.165) is 11.1 Å². The second-order valence-corrected chi connectivity index (χ2v) is 9.75. The number of anilines is 1. The van der Waals surface area contributed by atoms with E-state index in [-0.39, 0.29) is 24.0 Å². The third-order valence-electron chi connectivity index (χ3n) is 6.91.